The van der Waals surface area contributed by atoms with Gasteiger partial charge in [0.1, 0.15) is 23.7 Å². The molecule has 17 heavy (non-hydrogen) atoms. The van der Waals surface area contributed by atoms with Crippen LogP contribution in [0.5, 0.6) is 0 Å². The SMILES string of the molecule is O=P(O)(O)OCCC[S+]1C[C@@H](O)[C@H](O)[C@H]1CO. The molecule has 1 rings (SSSR count). The van der Waals surface area contributed by atoms with E-state index in [1.807, 2.05) is 0 Å². The highest BCUT2D eigenvalue weighted by molar-refractivity contribution is 7.97. The van der Waals surface area contributed by atoms with Crippen molar-refractivity contribution in [3.05, 3.63) is 0 Å². The van der Waals surface area contributed by atoms with Crippen molar-refractivity contribution in [1.29, 1.82) is 0 Å². The fraction of sp³-hybridized carbons (Fsp3) is 1.00. The molecule has 0 spiro atoms. The standard InChI is InChI=1S/C8H17O7PS/c9-4-7-8(11)6(10)5-17(7)3-1-2-15-16(12,13)14/h6-11H,1-5H2,(H-,12,13,14)/p+1/t6-,7-,8+,17?/m1/s1. The molecule has 1 aliphatic rings. The third-order valence-corrected chi connectivity index (χ3v) is 5.96. The van der Waals surface area contributed by atoms with Crippen molar-refractivity contribution in [1.82, 2.24) is 0 Å². The number of hydrogen-bond donors (Lipinski definition) is 5. The second-order valence-electron chi connectivity index (χ2n) is 3.86. The number of phosphoric acid groups is 1. The van der Waals surface area contributed by atoms with Gasteiger partial charge in [0.05, 0.1) is 13.2 Å². The van der Waals surface area contributed by atoms with Gasteiger partial charge in [-0.25, -0.2) is 4.57 Å². The summed E-state index contributed by atoms with van der Waals surface area (Å²) in [6, 6.07) is 0. The van der Waals surface area contributed by atoms with Gasteiger partial charge in [-0.3, -0.25) is 4.52 Å². The fourth-order valence-corrected chi connectivity index (χ4v) is 4.76. The lowest BCUT2D eigenvalue weighted by atomic mass is 10.2. The van der Waals surface area contributed by atoms with Gasteiger partial charge in [0.15, 0.2) is 5.25 Å². The second kappa shape index (κ2) is 6.49. The van der Waals surface area contributed by atoms with E-state index < -0.39 is 20.0 Å². The number of hydrogen-bond acceptors (Lipinski definition) is 5. The first-order valence-electron chi connectivity index (χ1n) is 5.18. The highest BCUT2D eigenvalue weighted by Gasteiger charge is 2.48. The molecule has 0 aromatic rings. The van der Waals surface area contributed by atoms with Crippen LogP contribution in [0.4, 0.5) is 0 Å². The molecule has 0 amide bonds. The smallest absolute Gasteiger partial charge is 0.391 e. The summed E-state index contributed by atoms with van der Waals surface area (Å²) in [4.78, 5) is 16.9. The minimum Gasteiger partial charge on any atom is -0.391 e. The van der Waals surface area contributed by atoms with E-state index in [2.05, 4.69) is 4.52 Å². The van der Waals surface area contributed by atoms with Crippen LogP contribution in [0.3, 0.4) is 0 Å². The van der Waals surface area contributed by atoms with Gasteiger partial charge >= 0.3 is 7.82 Å². The molecular formula is C8H18O7PS+. The van der Waals surface area contributed by atoms with Crippen molar-refractivity contribution < 1.29 is 34.2 Å². The molecule has 9 heteroatoms. The third kappa shape index (κ3) is 4.84. The zero-order valence-electron chi connectivity index (χ0n) is 9.18. The Balaban J connectivity index is 2.30. The van der Waals surface area contributed by atoms with Crippen LogP contribution in [0, 0.1) is 0 Å². The molecule has 7 nitrogen and oxygen atoms in total. The number of aliphatic hydroxyl groups excluding tert-OH is 3. The molecule has 102 valence electrons. The summed E-state index contributed by atoms with van der Waals surface area (Å²) in [6.45, 7) is -0.265. The summed E-state index contributed by atoms with van der Waals surface area (Å²) in [7, 11) is -4.75. The summed E-state index contributed by atoms with van der Waals surface area (Å²) < 4.78 is 14.7. The topological polar surface area (TPSA) is 127 Å². The molecule has 0 radical (unpaired) electrons. The van der Waals surface area contributed by atoms with Gasteiger partial charge in [-0.1, -0.05) is 0 Å². The summed E-state index contributed by atoms with van der Waals surface area (Å²) in [5, 5.41) is 27.7. The predicted molar refractivity (Wildman–Crippen MR) is 62.6 cm³/mol. The summed E-state index contributed by atoms with van der Waals surface area (Å²) in [5.74, 6) is 0.988. The maximum atomic E-state index is 10.4. The number of rotatable bonds is 6. The zero-order chi connectivity index (χ0) is 13.1. The Morgan fingerprint density at radius 2 is 2.00 bits per heavy atom. The van der Waals surface area contributed by atoms with Gasteiger partial charge < -0.3 is 25.1 Å². The number of phosphoric ester groups is 1. The van der Waals surface area contributed by atoms with Crippen LogP contribution in [0.15, 0.2) is 0 Å². The molecule has 1 fully saturated rings. The molecule has 0 bridgehead atoms. The molecule has 0 aromatic heterocycles. The van der Waals surface area contributed by atoms with Crippen LogP contribution in [-0.4, -0.2) is 67.3 Å². The second-order valence-corrected chi connectivity index (χ2v) is 7.53. The number of aliphatic hydroxyl groups is 3. The molecule has 1 unspecified atom stereocenters. The van der Waals surface area contributed by atoms with Crippen molar-refractivity contribution in [3.63, 3.8) is 0 Å². The maximum absolute atomic E-state index is 10.4. The Morgan fingerprint density at radius 3 is 2.53 bits per heavy atom. The quantitative estimate of drug-likeness (QED) is 0.222. The normalized spacial score (nSPS) is 34.2. The van der Waals surface area contributed by atoms with Crippen LogP contribution in [0.1, 0.15) is 6.42 Å². The van der Waals surface area contributed by atoms with Crippen molar-refractivity contribution in [2.24, 2.45) is 0 Å². The lowest BCUT2D eigenvalue weighted by Crippen LogP contribution is -2.34. The Bertz CT molecular complexity index is 283. The molecule has 0 aromatic carbocycles. The van der Waals surface area contributed by atoms with Crippen molar-refractivity contribution in [2.45, 2.75) is 23.9 Å². The van der Waals surface area contributed by atoms with E-state index in [1.54, 1.807) is 0 Å². The van der Waals surface area contributed by atoms with Crippen LogP contribution >= 0.6 is 7.82 Å². The highest BCUT2D eigenvalue weighted by atomic mass is 32.2. The first-order valence-corrected chi connectivity index (χ1v) is 8.34. The van der Waals surface area contributed by atoms with Gasteiger partial charge in [-0.15, -0.1) is 0 Å². The lowest BCUT2D eigenvalue weighted by Gasteiger charge is -2.11. The maximum Gasteiger partial charge on any atom is 0.469 e. The summed E-state index contributed by atoms with van der Waals surface area (Å²) >= 11 is 0. The molecular weight excluding hydrogens is 271 g/mol. The molecule has 0 saturated carbocycles. The average molecular weight is 289 g/mol. The van der Waals surface area contributed by atoms with Gasteiger partial charge in [-0.05, 0) is 10.9 Å². The molecule has 1 aliphatic heterocycles. The van der Waals surface area contributed by atoms with E-state index in [9.17, 15) is 14.8 Å². The summed E-state index contributed by atoms with van der Waals surface area (Å²) in [6.07, 6.45) is -1.31. The third-order valence-electron chi connectivity index (χ3n) is 2.58. The molecule has 1 saturated heterocycles. The van der Waals surface area contributed by atoms with Gasteiger partial charge in [0.25, 0.3) is 0 Å². The van der Waals surface area contributed by atoms with E-state index in [-0.39, 0.29) is 29.4 Å². The zero-order valence-corrected chi connectivity index (χ0v) is 10.9. The van der Waals surface area contributed by atoms with Crippen LogP contribution < -0.4 is 0 Å². The average Bonchev–Trinajstić information content (AvgIpc) is 2.48. The van der Waals surface area contributed by atoms with Gasteiger partial charge in [0, 0.05) is 6.42 Å². The minimum atomic E-state index is -4.42. The van der Waals surface area contributed by atoms with Crippen LogP contribution in [0.25, 0.3) is 0 Å². The Labute approximate surface area is 102 Å². The first kappa shape index (κ1) is 15.4. The molecule has 0 aliphatic carbocycles. The van der Waals surface area contributed by atoms with Crippen molar-refractivity contribution >= 4 is 18.7 Å². The van der Waals surface area contributed by atoms with Crippen LogP contribution in [0.2, 0.25) is 0 Å². The van der Waals surface area contributed by atoms with E-state index in [0.29, 0.717) is 17.9 Å². The molecule has 1 heterocycles. The first-order chi connectivity index (χ1) is 7.85. The van der Waals surface area contributed by atoms with E-state index in [1.165, 1.54) is 0 Å². The minimum absolute atomic E-state index is 0.0713. The van der Waals surface area contributed by atoms with Gasteiger partial charge in [-0.2, -0.15) is 0 Å². The summed E-state index contributed by atoms with van der Waals surface area (Å²) in [5.41, 5.74) is 0. The highest BCUT2D eigenvalue weighted by Crippen LogP contribution is 2.35. The van der Waals surface area contributed by atoms with Gasteiger partial charge in [0.2, 0.25) is 0 Å². The van der Waals surface area contributed by atoms with Crippen molar-refractivity contribution in [2.75, 3.05) is 24.7 Å². The van der Waals surface area contributed by atoms with E-state index in [0.717, 1.165) is 0 Å². The van der Waals surface area contributed by atoms with E-state index >= 15 is 0 Å². The Morgan fingerprint density at radius 1 is 1.35 bits per heavy atom. The molecule has 4 atom stereocenters. The Hall–Kier alpha value is 0.340. The fourth-order valence-electron chi connectivity index (χ4n) is 1.76. The lowest BCUT2D eigenvalue weighted by molar-refractivity contribution is 0.0325. The molecule has 5 N–H and O–H groups in total. The van der Waals surface area contributed by atoms with Crippen molar-refractivity contribution in [3.8, 4) is 0 Å². The Kier molecular flexibility index (Phi) is 5.88. The van der Waals surface area contributed by atoms with E-state index in [4.69, 9.17) is 14.9 Å². The monoisotopic (exact) mass is 289 g/mol. The largest absolute Gasteiger partial charge is 0.469 e. The predicted octanol–water partition coefficient (Wildman–Crippen LogP) is -1.80. The van der Waals surface area contributed by atoms with Crippen LogP contribution in [-0.2, 0) is 20.0 Å².